The zero-order valence-corrected chi connectivity index (χ0v) is 18.7. The van der Waals surface area contributed by atoms with Crippen molar-refractivity contribution in [1.29, 1.82) is 0 Å². The number of halogens is 1. The van der Waals surface area contributed by atoms with Crippen LogP contribution in [0.3, 0.4) is 0 Å². The Hall–Kier alpha value is -2.18. The predicted molar refractivity (Wildman–Crippen MR) is 120 cm³/mol. The Labute approximate surface area is 186 Å². The maximum atomic E-state index is 13.5. The first-order valence-corrected chi connectivity index (χ1v) is 11.6. The van der Waals surface area contributed by atoms with Gasteiger partial charge in [0.15, 0.2) is 0 Å². The number of amides is 1. The average molecular weight is 448 g/mol. The van der Waals surface area contributed by atoms with Crippen molar-refractivity contribution in [3.8, 4) is 5.75 Å². The number of benzene rings is 2. The van der Waals surface area contributed by atoms with E-state index >= 15 is 0 Å². The molecular formula is C23H26ClNO4S. The molecule has 0 spiro atoms. The molecule has 0 N–H and O–H groups in total. The summed E-state index contributed by atoms with van der Waals surface area (Å²) in [4.78, 5) is 27.6. The van der Waals surface area contributed by atoms with Crippen molar-refractivity contribution in [3.05, 3.63) is 64.7 Å². The monoisotopic (exact) mass is 447 g/mol. The molecule has 0 saturated carbocycles. The van der Waals surface area contributed by atoms with E-state index in [4.69, 9.17) is 21.1 Å². The number of carbonyl (C=O) groups is 2. The third kappa shape index (κ3) is 5.10. The van der Waals surface area contributed by atoms with E-state index in [1.54, 1.807) is 42.2 Å². The lowest BCUT2D eigenvalue weighted by molar-refractivity contribution is -0.147. The van der Waals surface area contributed by atoms with E-state index in [2.05, 4.69) is 6.92 Å². The summed E-state index contributed by atoms with van der Waals surface area (Å²) in [6.07, 6.45) is 2.04. The van der Waals surface area contributed by atoms with E-state index in [1.165, 1.54) is 11.8 Å². The molecule has 0 bridgehead atoms. The number of hydrogen-bond donors (Lipinski definition) is 0. The van der Waals surface area contributed by atoms with Crippen molar-refractivity contribution >= 4 is 35.2 Å². The molecule has 5 nitrogen and oxygen atoms in total. The van der Waals surface area contributed by atoms with Gasteiger partial charge in [-0.1, -0.05) is 43.1 Å². The molecule has 2 aromatic rings. The van der Waals surface area contributed by atoms with Gasteiger partial charge in [-0.3, -0.25) is 4.79 Å². The topological polar surface area (TPSA) is 55.8 Å². The highest BCUT2D eigenvalue weighted by molar-refractivity contribution is 7.99. The number of ether oxygens (including phenoxy) is 2. The molecule has 2 atom stereocenters. The lowest BCUT2D eigenvalue weighted by Crippen LogP contribution is -2.43. The summed E-state index contributed by atoms with van der Waals surface area (Å²) in [6, 6.07) is 13.8. The highest BCUT2D eigenvalue weighted by Crippen LogP contribution is 2.44. The van der Waals surface area contributed by atoms with Gasteiger partial charge in [0.05, 0.1) is 13.2 Å². The first-order valence-electron chi connectivity index (χ1n) is 10.1. The molecule has 0 aromatic heterocycles. The van der Waals surface area contributed by atoms with Crippen LogP contribution in [0.15, 0.2) is 48.5 Å². The number of unbranched alkanes of at least 4 members (excludes halogenated alkanes) is 1. The molecule has 7 heteroatoms. The third-order valence-electron chi connectivity index (χ3n) is 4.83. The van der Waals surface area contributed by atoms with Gasteiger partial charge >= 0.3 is 5.97 Å². The minimum Gasteiger partial charge on any atom is -0.494 e. The van der Waals surface area contributed by atoms with Gasteiger partial charge < -0.3 is 14.4 Å². The zero-order valence-electron chi connectivity index (χ0n) is 17.2. The number of carbonyl (C=O) groups excluding carboxylic acids is 2. The summed E-state index contributed by atoms with van der Waals surface area (Å²) in [6.45, 7) is 4.78. The van der Waals surface area contributed by atoms with Gasteiger partial charge in [0.1, 0.15) is 17.2 Å². The van der Waals surface area contributed by atoms with Crippen LogP contribution in [0.25, 0.3) is 0 Å². The maximum absolute atomic E-state index is 13.5. The van der Waals surface area contributed by atoms with Crippen molar-refractivity contribution < 1.29 is 19.1 Å². The molecule has 0 aliphatic carbocycles. The van der Waals surface area contributed by atoms with Crippen molar-refractivity contribution in [2.45, 2.75) is 38.1 Å². The first kappa shape index (κ1) is 22.5. The molecule has 1 aliphatic rings. The van der Waals surface area contributed by atoms with Crippen LogP contribution in [-0.4, -0.2) is 41.8 Å². The Morgan fingerprint density at radius 2 is 1.87 bits per heavy atom. The summed E-state index contributed by atoms with van der Waals surface area (Å²) >= 11 is 7.92. The van der Waals surface area contributed by atoms with Gasteiger partial charge in [-0.15, -0.1) is 11.8 Å². The van der Waals surface area contributed by atoms with E-state index in [0.717, 1.165) is 24.2 Å². The average Bonchev–Trinajstić information content (AvgIpc) is 3.19. The van der Waals surface area contributed by atoms with Gasteiger partial charge in [-0.05, 0) is 43.7 Å². The molecule has 1 saturated heterocycles. The van der Waals surface area contributed by atoms with Gasteiger partial charge in [0.25, 0.3) is 5.91 Å². The highest BCUT2D eigenvalue weighted by atomic mass is 35.5. The van der Waals surface area contributed by atoms with Crippen LogP contribution in [0.2, 0.25) is 5.02 Å². The van der Waals surface area contributed by atoms with Crippen LogP contribution in [0.4, 0.5) is 0 Å². The number of esters is 1. The molecule has 1 fully saturated rings. The lowest BCUT2D eigenvalue weighted by atomic mass is 10.1. The van der Waals surface area contributed by atoms with E-state index in [-0.39, 0.29) is 17.9 Å². The molecule has 0 radical (unpaired) electrons. The van der Waals surface area contributed by atoms with Crippen LogP contribution in [0.1, 0.15) is 48.0 Å². The minimum atomic E-state index is -0.663. The molecule has 160 valence electrons. The second-order valence-corrected chi connectivity index (χ2v) is 8.43. The molecule has 2 aromatic carbocycles. The molecule has 30 heavy (non-hydrogen) atoms. The molecule has 1 amide bonds. The summed E-state index contributed by atoms with van der Waals surface area (Å²) < 4.78 is 10.9. The van der Waals surface area contributed by atoms with Gasteiger partial charge in [-0.2, -0.15) is 0 Å². The van der Waals surface area contributed by atoms with Crippen molar-refractivity contribution in [1.82, 2.24) is 4.90 Å². The fraction of sp³-hybridized carbons (Fsp3) is 0.391. The molecule has 1 aliphatic heterocycles. The van der Waals surface area contributed by atoms with Crippen LogP contribution in [0.5, 0.6) is 5.75 Å². The van der Waals surface area contributed by atoms with Crippen molar-refractivity contribution in [3.63, 3.8) is 0 Å². The SMILES string of the molecule is CCCCOc1ccc(C(=O)N2C(C(=O)OCC)CSC2c2ccccc2Cl)cc1. The van der Waals surface area contributed by atoms with E-state index in [9.17, 15) is 9.59 Å². The number of nitrogens with zero attached hydrogens (tertiary/aromatic N) is 1. The van der Waals surface area contributed by atoms with Gasteiger partial charge in [0.2, 0.25) is 0 Å². The van der Waals surface area contributed by atoms with E-state index in [0.29, 0.717) is 22.9 Å². The van der Waals surface area contributed by atoms with Crippen LogP contribution < -0.4 is 4.74 Å². The van der Waals surface area contributed by atoms with Crippen LogP contribution in [0, 0.1) is 0 Å². The van der Waals surface area contributed by atoms with Crippen LogP contribution in [-0.2, 0) is 9.53 Å². The fourth-order valence-electron chi connectivity index (χ4n) is 3.27. The third-order valence-corrected chi connectivity index (χ3v) is 6.48. The Bertz CT molecular complexity index is 874. The van der Waals surface area contributed by atoms with Crippen molar-refractivity contribution in [2.75, 3.05) is 19.0 Å². The Kier molecular flexibility index (Phi) is 8.05. The highest BCUT2D eigenvalue weighted by Gasteiger charge is 2.44. The summed E-state index contributed by atoms with van der Waals surface area (Å²) in [7, 11) is 0. The largest absolute Gasteiger partial charge is 0.494 e. The van der Waals surface area contributed by atoms with Crippen LogP contribution >= 0.6 is 23.4 Å². The predicted octanol–water partition coefficient (Wildman–Crippen LogP) is 5.34. The Morgan fingerprint density at radius 1 is 1.13 bits per heavy atom. The Morgan fingerprint density at radius 3 is 2.53 bits per heavy atom. The maximum Gasteiger partial charge on any atom is 0.329 e. The summed E-state index contributed by atoms with van der Waals surface area (Å²) in [5, 5.41) is 0.207. The lowest BCUT2D eigenvalue weighted by Gasteiger charge is -2.29. The quantitative estimate of drug-likeness (QED) is 0.404. The molecule has 1 heterocycles. The van der Waals surface area contributed by atoms with E-state index < -0.39 is 12.0 Å². The summed E-state index contributed by atoms with van der Waals surface area (Å²) in [5.41, 5.74) is 1.30. The second kappa shape index (κ2) is 10.7. The first-order chi connectivity index (χ1) is 14.6. The number of hydrogen-bond acceptors (Lipinski definition) is 5. The van der Waals surface area contributed by atoms with E-state index in [1.807, 2.05) is 18.2 Å². The van der Waals surface area contributed by atoms with Gasteiger partial charge in [0, 0.05) is 21.9 Å². The molecule has 2 unspecified atom stereocenters. The van der Waals surface area contributed by atoms with Crippen molar-refractivity contribution in [2.24, 2.45) is 0 Å². The standard InChI is InChI=1S/C23H26ClNO4S/c1-3-5-14-29-17-12-10-16(11-13-17)21(26)25-20(23(27)28-4-2)15-30-22(25)18-8-6-7-9-19(18)24/h6-13,20,22H,3-5,14-15H2,1-2H3. The second-order valence-electron chi connectivity index (χ2n) is 6.91. The Balaban J connectivity index is 1.87. The van der Waals surface area contributed by atoms with Gasteiger partial charge in [-0.25, -0.2) is 4.79 Å². The minimum absolute atomic E-state index is 0.233. The smallest absolute Gasteiger partial charge is 0.329 e. The summed E-state index contributed by atoms with van der Waals surface area (Å²) in [5.74, 6) is 0.550. The normalized spacial score (nSPS) is 18.3. The number of thioether (sulfide) groups is 1. The molecule has 3 rings (SSSR count). The zero-order chi connectivity index (χ0) is 21.5. The molecular weight excluding hydrogens is 422 g/mol. The number of rotatable bonds is 8. The fourth-order valence-corrected chi connectivity index (χ4v) is 5.02.